The molecule has 0 heterocycles. The van der Waals surface area contributed by atoms with Crippen LogP contribution in [0.1, 0.15) is 26.3 Å². The van der Waals surface area contributed by atoms with Gasteiger partial charge < -0.3 is 38.3 Å². The van der Waals surface area contributed by atoms with Crippen LogP contribution in [0.5, 0.6) is 5.75 Å². The van der Waals surface area contributed by atoms with Crippen molar-refractivity contribution in [3.8, 4) is 5.75 Å². The lowest BCUT2D eigenvalue weighted by atomic mass is 9.84. The zero-order valence-electron chi connectivity index (χ0n) is 20.5. The minimum atomic E-state index is -2.27. The first-order chi connectivity index (χ1) is 15.0. The zero-order chi connectivity index (χ0) is 24.1. The van der Waals surface area contributed by atoms with Gasteiger partial charge in [0.15, 0.2) is 8.32 Å². The topological polar surface area (TPSA) is 95.8 Å². The Morgan fingerprint density at radius 2 is 1.41 bits per heavy atom. The molecule has 0 aromatic heterocycles. The minimum Gasteiger partial charge on any atom is -0.497 e. The van der Waals surface area contributed by atoms with Gasteiger partial charge in [-0.15, -0.1) is 0 Å². The van der Waals surface area contributed by atoms with Gasteiger partial charge in [-0.1, -0.05) is 32.9 Å². The van der Waals surface area contributed by atoms with Crippen LogP contribution in [0.15, 0.2) is 24.3 Å². The van der Waals surface area contributed by atoms with Gasteiger partial charge in [0.1, 0.15) is 49.2 Å². The van der Waals surface area contributed by atoms with Crippen molar-refractivity contribution in [3.63, 3.8) is 0 Å². The molecule has 0 amide bonds. The van der Waals surface area contributed by atoms with Crippen LogP contribution >= 0.6 is 0 Å². The molecule has 184 valence electrons. The quantitative estimate of drug-likeness (QED) is 0.396. The van der Waals surface area contributed by atoms with Crippen LogP contribution in [0.4, 0.5) is 0 Å². The Balaban J connectivity index is 2.29. The third kappa shape index (κ3) is 6.30. The normalized spacial score (nSPS) is 29.2. The smallest absolute Gasteiger partial charge is 0.192 e. The first-order valence-electron chi connectivity index (χ1n) is 10.9. The van der Waals surface area contributed by atoms with Crippen molar-refractivity contribution in [1.82, 2.24) is 0 Å². The SMILES string of the molecule is COCO[C@H]1[C@H](O)[C@H](O)[C@H](OCc2ccc(OC)cc2)[C@@H](OC)[C@@H]1O[Si](C)(C)C(C)(C)C. The summed E-state index contributed by atoms with van der Waals surface area (Å²) >= 11 is 0. The van der Waals surface area contributed by atoms with Gasteiger partial charge in [-0.25, -0.2) is 0 Å². The summed E-state index contributed by atoms with van der Waals surface area (Å²) in [6.07, 6.45) is -5.39. The molecule has 1 fully saturated rings. The van der Waals surface area contributed by atoms with Gasteiger partial charge in [-0.2, -0.15) is 0 Å². The molecule has 2 rings (SSSR count). The van der Waals surface area contributed by atoms with Crippen LogP contribution in [-0.2, 0) is 30.0 Å². The van der Waals surface area contributed by atoms with Crippen LogP contribution in [0.2, 0.25) is 18.1 Å². The van der Waals surface area contributed by atoms with Crippen LogP contribution in [-0.4, -0.2) is 83.3 Å². The van der Waals surface area contributed by atoms with Crippen molar-refractivity contribution in [2.24, 2.45) is 0 Å². The predicted molar refractivity (Wildman–Crippen MR) is 123 cm³/mol. The van der Waals surface area contributed by atoms with Crippen LogP contribution in [0.3, 0.4) is 0 Å². The van der Waals surface area contributed by atoms with E-state index in [4.69, 9.17) is 28.1 Å². The number of ether oxygens (including phenoxy) is 5. The maximum Gasteiger partial charge on any atom is 0.192 e. The average Bonchev–Trinajstić information content (AvgIpc) is 2.74. The molecular formula is C23H40O8Si. The van der Waals surface area contributed by atoms with Crippen molar-refractivity contribution < 1.29 is 38.3 Å². The fourth-order valence-electron chi connectivity index (χ4n) is 3.52. The van der Waals surface area contributed by atoms with Crippen molar-refractivity contribution in [2.45, 2.75) is 82.1 Å². The maximum absolute atomic E-state index is 10.9. The van der Waals surface area contributed by atoms with Crippen molar-refractivity contribution >= 4 is 8.32 Å². The molecule has 0 spiro atoms. The van der Waals surface area contributed by atoms with Gasteiger partial charge in [-0.05, 0) is 35.8 Å². The lowest BCUT2D eigenvalue weighted by Gasteiger charge is -2.50. The summed E-state index contributed by atoms with van der Waals surface area (Å²) in [6, 6.07) is 7.47. The van der Waals surface area contributed by atoms with Crippen molar-refractivity contribution in [1.29, 1.82) is 0 Å². The highest BCUT2D eigenvalue weighted by atomic mass is 28.4. The number of aliphatic hydroxyl groups excluding tert-OH is 2. The summed E-state index contributed by atoms with van der Waals surface area (Å²) < 4.78 is 34.5. The molecule has 1 aromatic carbocycles. The first-order valence-corrected chi connectivity index (χ1v) is 13.8. The van der Waals surface area contributed by atoms with E-state index in [9.17, 15) is 10.2 Å². The second-order valence-corrected chi connectivity index (χ2v) is 14.4. The molecule has 0 saturated heterocycles. The van der Waals surface area contributed by atoms with E-state index in [-0.39, 0.29) is 18.4 Å². The van der Waals surface area contributed by atoms with E-state index in [0.29, 0.717) is 0 Å². The molecule has 8 nitrogen and oxygen atoms in total. The monoisotopic (exact) mass is 472 g/mol. The molecule has 1 saturated carbocycles. The average molecular weight is 473 g/mol. The van der Waals surface area contributed by atoms with E-state index in [0.717, 1.165) is 11.3 Å². The fourth-order valence-corrected chi connectivity index (χ4v) is 4.82. The largest absolute Gasteiger partial charge is 0.497 e. The van der Waals surface area contributed by atoms with Gasteiger partial charge in [-0.3, -0.25) is 0 Å². The molecule has 6 atom stereocenters. The Hall–Kier alpha value is -1.04. The molecule has 2 N–H and O–H groups in total. The second-order valence-electron chi connectivity index (χ2n) is 9.69. The van der Waals surface area contributed by atoms with Gasteiger partial charge >= 0.3 is 0 Å². The van der Waals surface area contributed by atoms with Crippen LogP contribution in [0.25, 0.3) is 0 Å². The highest BCUT2D eigenvalue weighted by molar-refractivity contribution is 6.74. The van der Waals surface area contributed by atoms with E-state index in [1.165, 1.54) is 7.11 Å². The standard InChI is InChI=1S/C23H40O8Si/c1-23(2,3)32(7,8)31-22-20(30-14-26-4)18(25)17(24)19(21(22)28-6)29-13-15-9-11-16(27-5)12-10-15/h9-12,17-22,24-25H,13-14H2,1-8H3/t17-,18+,19-,20-,21+,22+/m0/s1. The number of rotatable bonds is 10. The summed E-state index contributed by atoms with van der Waals surface area (Å²) in [6.45, 7) is 10.8. The van der Waals surface area contributed by atoms with Gasteiger partial charge in [0, 0.05) is 14.2 Å². The second kappa shape index (κ2) is 11.4. The van der Waals surface area contributed by atoms with E-state index < -0.39 is 44.9 Å². The zero-order valence-corrected chi connectivity index (χ0v) is 21.5. The molecular weight excluding hydrogens is 432 g/mol. The molecule has 0 aliphatic heterocycles. The molecule has 1 aliphatic rings. The lowest BCUT2D eigenvalue weighted by Crippen LogP contribution is -2.68. The Bertz CT molecular complexity index is 690. The summed E-state index contributed by atoms with van der Waals surface area (Å²) in [5.74, 6) is 0.748. The predicted octanol–water partition coefficient (Wildman–Crippen LogP) is 2.71. The number of hydrogen-bond donors (Lipinski definition) is 2. The molecule has 0 bridgehead atoms. The summed E-state index contributed by atoms with van der Waals surface area (Å²) in [5.41, 5.74) is 0.905. The van der Waals surface area contributed by atoms with Crippen LogP contribution in [0, 0.1) is 0 Å². The number of methoxy groups -OCH3 is 3. The van der Waals surface area contributed by atoms with Gasteiger partial charge in [0.2, 0.25) is 0 Å². The maximum atomic E-state index is 10.9. The summed E-state index contributed by atoms with van der Waals surface area (Å²) in [4.78, 5) is 0. The number of hydrogen-bond acceptors (Lipinski definition) is 8. The Morgan fingerprint density at radius 1 is 0.844 bits per heavy atom. The van der Waals surface area contributed by atoms with E-state index >= 15 is 0 Å². The van der Waals surface area contributed by atoms with Crippen LogP contribution < -0.4 is 4.74 Å². The summed E-state index contributed by atoms with van der Waals surface area (Å²) in [5, 5.41) is 21.8. The molecule has 9 heteroatoms. The third-order valence-electron chi connectivity index (χ3n) is 6.48. The molecule has 1 aromatic rings. The lowest BCUT2D eigenvalue weighted by molar-refractivity contribution is -0.261. The Kier molecular flexibility index (Phi) is 9.68. The van der Waals surface area contributed by atoms with E-state index in [1.807, 2.05) is 24.3 Å². The highest BCUT2D eigenvalue weighted by Gasteiger charge is 2.55. The molecule has 32 heavy (non-hydrogen) atoms. The Labute approximate surface area is 192 Å². The van der Waals surface area contributed by atoms with Crippen molar-refractivity contribution in [2.75, 3.05) is 28.1 Å². The third-order valence-corrected chi connectivity index (χ3v) is 11.0. The highest BCUT2D eigenvalue weighted by Crippen LogP contribution is 2.40. The molecule has 1 aliphatic carbocycles. The fraction of sp³-hybridized carbons (Fsp3) is 0.739. The van der Waals surface area contributed by atoms with Crippen molar-refractivity contribution in [3.05, 3.63) is 29.8 Å². The molecule has 0 radical (unpaired) electrons. The van der Waals surface area contributed by atoms with E-state index in [2.05, 4.69) is 33.9 Å². The van der Waals surface area contributed by atoms with Gasteiger partial charge in [0.25, 0.3) is 0 Å². The summed E-state index contributed by atoms with van der Waals surface area (Å²) in [7, 11) is 2.39. The number of aliphatic hydroxyl groups is 2. The first kappa shape index (κ1) is 27.2. The minimum absolute atomic E-state index is 0.0420. The Morgan fingerprint density at radius 3 is 1.88 bits per heavy atom. The number of benzene rings is 1. The molecule has 0 unspecified atom stereocenters. The van der Waals surface area contributed by atoms with E-state index in [1.54, 1.807) is 14.2 Å². The van der Waals surface area contributed by atoms with Gasteiger partial charge in [0.05, 0.1) is 13.7 Å².